The molecule has 3 N–H and O–H groups in total. The Balaban J connectivity index is 1.95. The number of nitrogens with zero attached hydrogens (tertiary/aromatic N) is 1. The predicted molar refractivity (Wildman–Crippen MR) is 80.5 cm³/mol. The maximum absolute atomic E-state index is 11.0. The second-order valence-corrected chi connectivity index (χ2v) is 4.54. The lowest BCUT2D eigenvalue weighted by atomic mass is 10.1. The van der Waals surface area contributed by atoms with E-state index in [0.29, 0.717) is 0 Å². The number of fused-ring (bicyclic) bond motifs is 1. The van der Waals surface area contributed by atoms with Crippen molar-refractivity contribution in [1.82, 2.24) is 15.4 Å². The summed E-state index contributed by atoms with van der Waals surface area (Å²) in [7, 11) is 0. The van der Waals surface area contributed by atoms with Gasteiger partial charge in [-0.15, -0.1) is 0 Å². The molecule has 21 heavy (non-hydrogen) atoms. The van der Waals surface area contributed by atoms with E-state index in [1.165, 1.54) is 6.08 Å². The molecule has 0 aliphatic rings. The van der Waals surface area contributed by atoms with Crippen molar-refractivity contribution in [3.63, 3.8) is 0 Å². The van der Waals surface area contributed by atoms with Gasteiger partial charge in [-0.05, 0) is 29.8 Å². The van der Waals surface area contributed by atoms with E-state index in [1.807, 2.05) is 48.5 Å². The second kappa shape index (κ2) is 5.60. The Morgan fingerprint density at radius 2 is 2.05 bits per heavy atom. The Bertz CT molecular complexity index is 788. The highest BCUT2D eigenvalue weighted by molar-refractivity contribution is 5.91. The highest BCUT2D eigenvalue weighted by Gasteiger charge is 2.04. The molecule has 2 aromatic carbocycles. The molecule has 0 saturated carbocycles. The summed E-state index contributed by atoms with van der Waals surface area (Å²) in [6.45, 7) is 0. The SMILES string of the molecule is O=C(C=Cc1cccc(-c2nc3ccccc3[nH]2)c1)NO. The third kappa shape index (κ3) is 2.82. The van der Waals surface area contributed by atoms with Crippen LogP contribution < -0.4 is 5.48 Å². The number of aromatic nitrogens is 2. The van der Waals surface area contributed by atoms with Gasteiger partial charge in [-0.2, -0.15) is 0 Å². The molecule has 104 valence electrons. The van der Waals surface area contributed by atoms with Crippen LogP contribution in [0, 0.1) is 0 Å². The fourth-order valence-corrected chi connectivity index (χ4v) is 2.09. The van der Waals surface area contributed by atoms with Gasteiger partial charge in [0.1, 0.15) is 5.82 Å². The summed E-state index contributed by atoms with van der Waals surface area (Å²) in [6, 6.07) is 15.4. The number of aromatic amines is 1. The lowest BCUT2D eigenvalue weighted by molar-refractivity contribution is -0.124. The smallest absolute Gasteiger partial charge is 0.267 e. The first-order valence-electron chi connectivity index (χ1n) is 6.43. The topological polar surface area (TPSA) is 78.0 Å². The van der Waals surface area contributed by atoms with Gasteiger partial charge in [-0.1, -0.05) is 30.3 Å². The van der Waals surface area contributed by atoms with Crippen molar-refractivity contribution >= 4 is 23.0 Å². The van der Waals surface area contributed by atoms with E-state index in [1.54, 1.807) is 11.6 Å². The van der Waals surface area contributed by atoms with Crippen molar-refractivity contribution in [2.45, 2.75) is 0 Å². The van der Waals surface area contributed by atoms with Crippen molar-refractivity contribution in [2.75, 3.05) is 0 Å². The molecular weight excluding hydrogens is 266 g/mol. The minimum Gasteiger partial charge on any atom is -0.338 e. The summed E-state index contributed by atoms with van der Waals surface area (Å²) in [5.74, 6) is 0.210. The number of carbonyl (C=O) groups is 1. The molecule has 3 rings (SSSR count). The number of hydroxylamine groups is 1. The fourth-order valence-electron chi connectivity index (χ4n) is 2.09. The van der Waals surface area contributed by atoms with Crippen LogP contribution in [0.5, 0.6) is 0 Å². The van der Waals surface area contributed by atoms with Gasteiger partial charge >= 0.3 is 0 Å². The zero-order valence-electron chi connectivity index (χ0n) is 11.1. The van der Waals surface area contributed by atoms with Crippen LogP contribution in [-0.4, -0.2) is 21.1 Å². The predicted octanol–water partition coefficient (Wildman–Crippen LogP) is 2.75. The van der Waals surface area contributed by atoms with Gasteiger partial charge in [0.15, 0.2) is 0 Å². The number of H-pyrrole nitrogens is 1. The molecule has 5 heteroatoms. The molecule has 0 atom stereocenters. The number of para-hydroxylation sites is 2. The Morgan fingerprint density at radius 1 is 1.19 bits per heavy atom. The zero-order chi connectivity index (χ0) is 14.7. The number of hydrogen-bond donors (Lipinski definition) is 3. The fraction of sp³-hybridized carbons (Fsp3) is 0. The first kappa shape index (κ1) is 13.1. The number of rotatable bonds is 3. The van der Waals surface area contributed by atoms with Crippen molar-refractivity contribution in [3.8, 4) is 11.4 Å². The van der Waals surface area contributed by atoms with E-state index in [2.05, 4.69) is 9.97 Å². The molecule has 0 spiro atoms. The van der Waals surface area contributed by atoms with Crippen LogP contribution in [0.2, 0.25) is 0 Å². The number of imidazole rings is 1. The number of amides is 1. The van der Waals surface area contributed by atoms with E-state index < -0.39 is 5.91 Å². The van der Waals surface area contributed by atoms with Crippen molar-refractivity contribution in [3.05, 3.63) is 60.2 Å². The maximum Gasteiger partial charge on any atom is 0.267 e. The average Bonchev–Trinajstić information content (AvgIpc) is 2.97. The summed E-state index contributed by atoms with van der Waals surface area (Å²) in [5.41, 5.74) is 5.22. The summed E-state index contributed by atoms with van der Waals surface area (Å²) in [4.78, 5) is 18.8. The highest BCUT2D eigenvalue weighted by atomic mass is 16.5. The molecular formula is C16H13N3O2. The molecule has 0 saturated heterocycles. The lowest BCUT2D eigenvalue weighted by Crippen LogP contribution is -2.14. The summed E-state index contributed by atoms with van der Waals surface area (Å²) in [5, 5.41) is 8.46. The Labute approximate surface area is 120 Å². The molecule has 0 unspecified atom stereocenters. The van der Waals surface area contributed by atoms with Gasteiger partial charge in [0.2, 0.25) is 0 Å². The number of nitrogens with one attached hydrogen (secondary N) is 2. The largest absolute Gasteiger partial charge is 0.338 e. The minimum atomic E-state index is -0.566. The van der Waals surface area contributed by atoms with Gasteiger partial charge in [0.25, 0.3) is 5.91 Å². The highest BCUT2D eigenvalue weighted by Crippen LogP contribution is 2.21. The number of hydrogen-bond acceptors (Lipinski definition) is 3. The van der Waals surface area contributed by atoms with Crippen LogP contribution in [0.4, 0.5) is 0 Å². The Kier molecular flexibility index (Phi) is 3.49. The summed E-state index contributed by atoms with van der Waals surface area (Å²) >= 11 is 0. The van der Waals surface area contributed by atoms with Gasteiger partial charge in [-0.25, -0.2) is 10.5 Å². The van der Waals surface area contributed by atoms with Gasteiger partial charge in [0, 0.05) is 11.6 Å². The van der Waals surface area contributed by atoms with E-state index in [-0.39, 0.29) is 0 Å². The van der Waals surface area contributed by atoms with Crippen LogP contribution in [0.1, 0.15) is 5.56 Å². The summed E-state index contributed by atoms with van der Waals surface area (Å²) < 4.78 is 0. The van der Waals surface area contributed by atoms with Gasteiger partial charge in [-0.3, -0.25) is 10.0 Å². The average molecular weight is 279 g/mol. The molecule has 1 heterocycles. The van der Waals surface area contributed by atoms with Gasteiger partial charge < -0.3 is 4.98 Å². The standard InChI is InChI=1S/C16H13N3O2/c20-15(19-21)9-8-11-4-3-5-12(10-11)16-17-13-6-1-2-7-14(13)18-16/h1-10,21H,(H,17,18)(H,19,20). The maximum atomic E-state index is 11.0. The quantitative estimate of drug-likeness (QED) is 0.392. The van der Waals surface area contributed by atoms with Crippen LogP contribution in [0.3, 0.4) is 0 Å². The van der Waals surface area contributed by atoms with Crippen LogP contribution in [0.25, 0.3) is 28.5 Å². The zero-order valence-corrected chi connectivity index (χ0v) is 11.1. The molecule has 5 nitrogen and oxygen atoms in total. The van der Waals surface area contributed by atoms with Crippen molar-refractivity contribution < 1.29 is 10.0 Å². The van der Waals surface area contributed by atoms with Gasteiger partial charge in [0.05, 0.1) is 11.0 Å². The van der Waals surface area contributed by atoms with E-state index in [4.69, 9.17) is 5.21 Å². The minimum absolute atomic E-state index is 0.566. The van der Waals surface area contributed by atoms with E-state index >= 15 is 0 Å². The van der Waals surface area contributed by atoms with E-state index in [9.17, 15) is 4.79 Å². The molecule has 1 aromatic heterocycles. The number of carbonyl (C=O) groups excluding carboxylic acids is 1. The van der Waals surface area contributed by atoms with Crippen LogP contribution in [-0.2, 0) is 4.79 Å². The second-order valence-electron chi connectivity index (χ2n) is 4.54. The first-order valence-corrected chi connectivity index (χ1v) is 6.43. The molecule has 0 aliphatic heterocycles. The first-order chi connectivity index (χ1) is 10.3. The normalized spacial score (nSPS) is 11.1. The van der Waals surface area contributed by atoms with Crippen molar-refractivity contribution in [2.24, 2.45) is 0 Å². The Hall–Kier alpha value is -2.92. The molecule has 0 bridgehead atoms. The van der Waals surface area contributed by atoms with Crippen molar-refractivity contribution in [1.29, 1.82) is 0 Å². The third-order valence-electron chi connectivity index (χ3n) is 3.09. The summed E-state index contributed by atoms with van der Waals surface area (Å²) in [6.07, 6.45) is 2.88. The Morgan fingerprint density at radius 3 is 2.86 bits per heavy atom. The molecule has 0 fully saturated rings. The van der Waals surface area contributed by atoms with E-state index in [0.717, 1.165) is 28.0 Å². The van der Waals surface area contributed by atoms with Crippen LogP contribution in [0.15, 0.2) is 54.6 Å². The molecule has 1 amide bonds. The molecule has 0 radical (unpaired) electrons. The number of benzene rings is 2. The molecule has 0 aliphatic carbocycles. The lowest BCUT2D eigenvalue weighted by Gasteiger charge is -1.99. The monoisotopic (exact) mass is 279 g/mol. The third-order valence-corrected chi connectivity index (χ3v) is 3.09. The molecule has 3 aromatic rings. The van der Waals surface area contributed by atoms with Crippen LogP contribution >= 0.6 is 0 Å².